The zero-order chi connectivity index (χ0) is 20.2. The van der Waals surface area contributed by atoms with Gasteiger partial charge in [0.2, 0.25) is 5.88 Å². The molecule has 2 heterocycles. The molecule has 1 aliphatic heterocycles. The van der Waals surface area contributed by atoms with Crippen LogP contribution in [0.4, 0.5) is 21.6 Å². The van der Waals surface area contributed by atoms with Crippen molar-refractivity contribution < 1.29 is 13.9 Å². The number of methoxy groups -OCH3 is 1. The van der Waals surface area contributed by atoms with E-state index >= 15 is 0 Å². The maximum absolute atomic E-state index is 14.1. The van der Waals surface area contributed by atoms with Gasteiger partial charge >= 0.3 is 0 Å². The number of aromatic nitrogens is 2. The first-order valence-electron chi connectivity index (χ1n) is 9.33. The molecule has 0 saturated carbocycles. The van der Waals surface area contributed by atoms with E-state index in [1.54, 1.807) is 31.4 Å². The van der Waals surface area contributed by atoms with Crippen molar-refractivity contribution in [2.45, 2.75) is 0 Å². The third-order valence-corrected chi connectivity index (χ3v) is 4.87. The summed E-state index contributed by atoms with van der Waals surface area (Å²) in [6, 6.07) is 14.1. The molecule has 0 bridgehead atoms. The van der Waals surface area contributed by atoms with Gasteiger partial charge in [0.25, 0.3) is 0 Å². The Labute approximate surface area is 168 Å². The second kappa shape index (κ2) is 8.22. The van der Waals surface area contributed by atoms with Gasteiger partial charge in [0, 0.05) is 26.2 Å². The number of halogens is 1. The molecule has 2 N–H and O–H groups in total. The van der Waals surface area contributed by atoms with Gasteiger partial charge in [-0.15, -0.1) is 0 Å². The lowest BCUT2D eigenvalue weighted by molar-refractivity contribution is 0.374. The highest BCUT2D eigenvalue weighted by Crippen LogP contribution is 2.36. The number of anilines is 3. The number of nitrogens with two attached hydrogens (primary N) is 1. The third-order valence-electron chi connectivity index (χ3n) is 4.87. The van der Waals surface area contributed by atoms with Gasteiger partial charge in [-0.05, 0) is 24.3 Å². The van der Waals surface area contributed by atoms with Crippen molar-refractivity contribution in [3.05, 3.63) is 60.7 Å². The van der Waals surface area contributed by atoms with Crippen molar-refractivity contribution in [1.29, 1.82) is 0 Å². The average Bonchev–Trinajstić information content (AvgIpc) is 2.76. The van der Waals surface area contributed by atoms with Crippen LogP contribution in [0.5, 0.6) is 17.4 Å². The van der Waals surface area contributed by atoms with Gasteiger partial charge < -0.3 is 25.0 Å². The molecule has 150 valence electrons. The summed E-state index contributed by atoms with van der Waals surface area (Å²) in [5.41, 5.74) is 7.29. The van der Waals surface area contributed by atoms with Crippen LogP contribution in [-0.2, 0) is 0 Å². The second-order valence-corrected chi connectivity index (χ2v) is 6.59. The molecule has 29 heavy (non-hydrogen) atoms. The molecule has 1 aromatic heterocycles. The number of nitrogens with zero attached hydrogens (tertiary/aromatic N) is 4. The number of nitrogen functional groups attached to an aromatic ring is 1. The van der Waals surface area contributed by atoms with E-state index in [0.717, 1.165) is 0 Å². The normalized spacial score (nSPS) is 14.0. The SMILES string of the molecule is COc1ccccc1Oc1ncnc(N2CCN(c3ccccc3F)CC2)c1N. The Hall–Kier alpha value is -3.55. The van der Waals surface area contributed by atoms with E-state index in [0.29, 0.717) is 54.9 Å². The van der Waals surface area contributed by atoms with E-state index in [1.807, 2.05) is 23.1 Å². The molecule has 0 amide bonds. The van der Waals surface area contributed by atoms with Crippen LogP contribution in [0.3, 0.4) is 0 Å². The van der Waals surface area contributed by atoms with Gasteiger partial charge in [-0.25, -0.2) is 9.37 Å². The van der Waals surface area contributed by atoms with Gasteiger partial charge in [0.1, 0.15) is 17.8 Å². The summed E-state index contributed by atoms with van der Waals surface area (Å²) in [4.78, 5) is 12.6. The average molecular weight is 395 g/mol. The fourth-order valence-electron chi connectivity index (χ4n) is 3.38. The summed E-state index contributed by atoms with van der Waals surface area (Å²) in [6.45, 7) is 2.63. The molecule has 4 rings (SSSR count). The standard InChI is InChI=1S/C21H22FN5O2/c1-28-17-8-4-5-9-18(17)29-21-19(23)20(24-14-25-21)27-12-10-26(11-13-27)16-7-3-2-6-15(16)22/h2-9,14H,10-13,23H2,1H3. The zero-order valence-electron chi connectivity index (χ0n) is 16.1. The molecular weight excluding hydrogens is 373 g/mol. The van der Waals surface area contributed by atoms with E-state index < -0.39 is 0 Å². The number of benzene rings is 2. The Kier molecular flexibility index (Phi) is 5.33. The summed E-state index contributed by atoms with van der Waals surface area (Å²) in [5, 5.41) is 0. The minimum Gasteiger partial charge on any atom is -0.493 e. The highest BCUT2D eigenvalue weighted by molar-refractivity contribution is 5.69. The lowest BCUT2D eigenvalue weighted by atomic mass is 10.2. The first-order valence-corrected chi connectivity index (χ1v) is 9.33. The molecule has 0 aliphatic carbocycles. The first kappa shape index (κ1) is 18.8. The molecular formula is C21H22FN5O2. The van der Waals surface area contributed by atoms with E-state index in [1.165, 1.54) is 12.4 Å². The quantitative estimate of drug-likeness (QED) is 0.710. The Balaban J connectivity index is 1.50. The van der Waals surface area contributed by atoms with Gasteiger partial charge in [0.15, 0.2) is 17.3 Å². The molecule has 3 aromatic rings. The third kappa shape index (κ3) is 3.87. The van der Waals surface area contributed by atoms with E-state index in [4.69, 9.17) is 15.2 Å². The van der Waals surface area contributed by atoms with Crippen LogP contribution >= 0.6 is 0 Å². The fourth-order valence-corrected chi connectivity index (χ4v) is 3.38. The molecule has 1 fully saturated rings. The largest absolute Gasteiger partial charge is 0.493 e. The molecule has 0 atom stereocenters. The van der Waals surface area contributed by atoms with E-state index in [-0.39, 0.29) is 11.7 Å². The number of hydrogen-bond donors (Lipinski definition) is 1. The van der Waals surface area contributed by atoms with Crippen LogP contribution in [0.1, 0.15) is 0 Å². The predicted octanol–water partition coefficient (Wildman–Crippen LogP) is 3.33. The Bertz CT molecular complexity index is 992. The minimum absolute atomic E-state index is 0.213. The van der Waals surface area contributed by atoms with Crippen molar-refractivity contribution in [3.8, 4) is 17.4 Å². The molecule has 1 aliphatic rings. The van der Waals surface area contributed by atoms with Crippen LogP contribution < -0.4 is 25.0 Å². The monoisotopic (exact) mass is 395 g/mol. The second-order valence-electron chi connectivity index (χ2n) is 6.59. The van der Waals surface area contributed by atoms with E-state index in [9.17, 15) is 4.39 Å². The van der Waals surface area contributed by atoms with Crippen LogP contribution in [0.15, 0.2) is 54.9 Å². The molecule has 7 nitrogen and oxygen atoms in total. The molecule has 0 spiro atoms. The fraction of sp³-hybridized carbons (Fsp3) is 0.238. The van der Waals surface area contributed by atoms with Gasteiger partial charge in [0.05, 0.1) is 12.8 Å². The maximum atomic E-state index is 14.1. The van der Waals surface area contributed by atoms with Crippen LogP contribution in [-0.4, -0.2) is 43.3 Å². The number of piperazine rings is 1. The highest BCUT2D eigenvalue weighted by atomic mass is 19.1. The van der Waals surface area contributed by atoms with Gasteiger partial charge in [-0.3, -0.25) is 0 Å². The molecule has 0 radical (unpaired) electrons. The molecule has 2 aromatic carbocycles. The number of rotatable bonds is 5. The lowest BCUT2D eigenvalue weighted by Crippen LogP contribution is -2.47. The molecule has 8 heteroatoms. The van der Waals surface area contributed by atoms with Crippen molar-refractivity contribution in [1.82, 2.24) is 9.97 Å². The van der Waals surface area contributed by atoms with E-state index in [2.05, 4.69) is 14.9 Å². The zero-order valence-corrected chi connectivity index (χ0v) is 16.1. The smallest absolute Gasteiger partial charge is 0.248 e. The predicted molar refractivity (Wildman–Crippen MR) is 110 cm³/mol. The lowest BCUT2D eigenvalue weighted by Gasteiger charge is -2.37. The number of ether oxygens (including phenoxy) is 2. The first-order chi connectivity index (χ1) is 14.2. The van der Waals surface area contributed by atoms with Gasteiger partial charge in [-0.1, -0.05) is 24.3 Å². The molecule has 1 saturated heterocycles. The Morgan fingerprint density at radius 2 is 1.55 bits per heavy atom. The summed E-state index contributed by atoms with van der Waals surface area (Å²) < 4.78 is 25.3. The van der Waals surface area contributed by atoms with Crippen LogP contribution in [0, 0.1) is 5.82 Å². The summed E-state index contributed by atoms with van der Waals surface area (Å²) in [5.74, 6) is 1.78. The topological polar surface area (TPSA) is 76.7 Å². The van der Waals surface area contributed by atoms with Crippen LogP contribution in [0.25, 0.3) is 0 Å². The highest BCUT2D eigenvalue weighted by Gasteiger charge is 2.23. The number of para-hydroxylation sites is 3. The summed E-state index contributed by atoms with van der Waals surface area (Å²) >= 11 is 0. The Morgan fingerprint density at radius 1 is 0.897 bits per heavy atom. The van der Waals surface area contributed by atoms with Crippen molar-refractivity contribution >= 4 is 17.2 Å². The molecule has 0 unspecified atom stereocenters. The van der Waals surface area contributed by atoms with Crippen molar-refractivity contribution in [2.75, 3.05) is 48.8 Å². The van der Waals surface area contributed by atoms with Crippen molar-refractivity contribution in [3.63, 3.8) is 0 Å². The van der Waals surface area contributed by atoms with Crippen LogP contribution in [0.2, 0.25) is 0 Å². The number of hydrogen-bond acceptors (Lipinski definition) is 7. The summed E-state index contributed by atoms with van der Waals surface area (Å²) in [6.07, 6.45) is 1.43. The van der Waals surface area contributed by atoms with Gasteiger partial charge in [-0.2, -0.15) is 4.98 Å². The summed E-state index contributed by atoms with van der Waals surface area (Å²) in [7, 11) is 1.58. The minimum atomic E-state index is -0.213. The van der Waals surface area contributed by atoms with Crippen molar-refractivity contribution in [2.24, 2.45) is 0 Å². The Morgan fingerprint density at radius 3 is 2.28 bits per heavy atom. The maximum Gasteiger partial charge on any atom is 0.248 e.